The van der Waals surface area contributed by atoms with Crippen molar-refractivity contribution in [2.24, 2.45) is 0 Å². The summed E-state index contributed by atoms with van der Waals surface area (Å²) in [6, 6.07) is 4.02. The molecule has 0 aliphatic rings. The summed E-state index contributed by atoms with van der Waals surface area (Å²) in [7, 11) is 1.60. The fourth-order valence-corrected chi connectivity index (χ4v) is 1.73. The molecule has 70 valence electrons. The molecule has 0 spiro atoms. The van der Waals surface area contributed by atoms with Crippen LogP contribution in [0.25, 0.3) is 0 Å². The van der Waals surface area contributed by atoms with E-state index in [0.29, 0.717) is 4.38 Å². The molecule has 0 bridgehead atoms. The van der Waals surface area contributed by atoms with Gasteiger partial charge in [-0.3, -0.25) is 4.98 Å². The third kappa shape index (κ3) is 4.24. The number of pyridine rings is 1. The second kappa shape index (κ2) is 5.94. The molecule has 0 saturated carbocycles. The first-order valence-electron chi connectivity index (χ1n) is 3.92. The molecule has 2 nitrogen and oxygen atoms in total. The maximum Gasteiger partial charge on any atom is 0.219 e. The van der Waals surface area contributed by atoms with E-state index in [9.17, 15) is 0 Å². The van der Waals surface area contributed by atoms with E-state index in [-0.39, 0.29) is 0 Å². The fourth-order valence-electron chi connectivity index (χ4n) is 0.861. The molecule has 0 N–H and O–H groups in total. The van der Waals surface area contributed by atoms with E-state index in [0.717, 1.165) is 12.2 Å². The summed E-state index contributed by atoms with van der Waals surface area (Å²) in [4.78, 5) is 3.95. The smallest absolute Gasteiger partial charge is 0.219 e. The molecular formula is C9H11NOS2. The minimum atomic E-state index is 0.606. The van der Waals surface area contributed by atoms with Gasteiger partial charge in [0.05, 0.1) is 7.11 Å². The van der Waals surface area contributed by atoms with Crippen molar-refractivity contribution in [2.45, 2.75) is 6.42 Å². The van der Waals surface area contributed by atoms with Gasteiger partial charge < -0.3 is 4.74 Å². The Balaban J connectivity index is 2.24. The predicted octanol–water partition coefficient (Wildman–Crippen LogP) is 2.29. The number of thiocarbonyl (C=S) groups is 1. The van der Waals surface area contributed by atoms with E-state index in [2.05, 4.69) is 4.98 Å². The topological polar surface area (TPSA) is 22.1 Å². The Bertz CT molecular complexity index is 264. The van der Waals surface area contributed by atoms with E-state index in [1.165, 1.54) is 5.56 Å². The summed E-state index contributed by atoms with van der Waals surface area (Å²) in [6.45, 7) is 0. The number of methoxy groups -OCH3 is 1. The zero-order valence-corrected chi connectivity index (χ0v) is 9.03. The summed E-state index contributed by atoms with van der Waals surface area (Å²) in [6.07, 6.45) is 4.60. The molecule has 0 atom stereocenters. The van der Waals surface area contributed by atoms with Crippen LogP contribution in [-0.4, -0.2) is 22.2 Å². The standard InChI is InChI=1S/C9H11NOS2/c1-11-9(12)13-7-4-8-2-5-10-6-3-8/h2-3,5-6H,4,7H2,1H3. The second-order valence-corrected chi connectivity index (χ2v) is 4.10. The zero-order chi connectivity index (χ0) is 9.52. The van der Waals surface area contributed by atoms with Crippen molar-refractivity contribution in [2.75, 3.05) is 12.9 Å². The van der Waals surface area contributed by atoms with Crippen molar-refractivity contribution in [3.63, 3.8) is 0 Å². The average Bonchev–Trinajstić information content (AvgIpc) is 2.19. The highest BCUT2D eigenvalue weighted by atomic mass is 32.2. The lowest BCUT2D eigenvalue weighted by Crippen LogP contribution is -1.95. The summed E-state index contributed by atoms with van der Waals surface area (Å²) in [5, 5.41) is 0. The largest absolute Gasteiger partial charge is 0.482 e. The molecular weight excluding hydrogens is 202 g/mol. The number of rotatable bonds is 3. The maximum absolute atomic E-state index is 4.90. The van der Waals surface area contributed by atoms with Gasteiger partial charge in [0.1, 0.15) is 0 Å². The van der Waals surface area contributed by atoms with E-state index >= 15 is 0 Å². The highest BCUT2D eigenvalue weighted by Gasteiger charge is 1.96. The molecule has 1 aromatic heterocycles. The Kier molecular flexibility index (Phi) is 4.78. The first kappa shape index (κ1) is 10.5. The highest BCUT2D eigenvalue weighted by Crippen LogP contribution is 2.08. The van der Waals surface area contributed by atoms with Crippen molar-refractivity contribution < 1.29 is 4.74 Å². The molecule has 1 rings (SSSR count). The molecule has 0 aliphatic carbocycles. The number of hydrogen-bond acceptors (Lipinski definition) is 4. The number of ether oxygens (including phenoxy) is 1. The van der Waals surface area contributed by atoms with Gasteiger partial charge in [0, 0.05) is 18.1 Å². The van der Waals surface area contributed by atoms with Crippen molar-refractivity contribution in [1.29, 1.82) is 0 Å². The van der Waals surface area contributed by atoms with Gasteiger partial charge in [0.25, 0.3) is 0 Å². The number of hydrogen-bond donors (Lipinski definition) is 0. The summed E-state index contributed by atoms with van der Waals surface area (Å²) in [5.41, 5.74) is 1.28. The number of nitrogens with zero attached hydrogens (tertiary/aromatic N) is 1. The van der Waals surface area contributed by atoms with Crippen LogP contribution in [0.1, 0.15) is 5.56 Å². The summed E-state index contributed by atoms with van der Waals surface area (Å²) >= 11 is 6.46. The van der Waals surface area contributed by atoms with Gasteiger partial charge in [-0.15, -0.1) is 0 Å². The first-order valence-corrected chi connectivity index (χ1v) is 5.32. The SMILES string of the molecule is COC(=S)SCCc1ccncc1. The minimum Gasteiger partial charge on any atom is -0.482 e. The van der Waals surface area contributed by atoms with Crippen molar-refractivity contribution >= 4 is 28.4 Å². The Morgan fingerprint density at radius 3 is 2.85 bits per heavy atom. The van der Waals surface area contributed by atoms with Crippen LogP contribution in [0.2, 0.25) is 0 Å². The molecule has 0 radical (unpaired) electrons. The van der Waals surface area contributed by atoms with Gasteiger partial charge in [-0.05, 0) is 36.3 Å². The Morgan fingerprint density at radius 1 is 1.54 bits per heavy atom. The second-order valence-electron chi connectivity index (χ2n) is 2.41. The number of thioether (sulfide) groups is 1. The van der Waals surface area contributed by atoms with Crippen molar-refractivity contribution in [1.82, 2.24) is 4.98 Å². The molecule has 0 amide bonds. The first-order chi connectivity index (χ1) is 6.33. The van der Waals surface area contributed by atoms with E-state index in [4.69, 9.17) is 17.0 Å². The maximum atomic E-state index is 4.90. The molecule has 1 aromatic rings. The Labute approximate surface area is 87.7 Å². The van der Waals surface area contributed by atoms with Crippen molar-refractivity contribution in [3.8, 4) is 0 Å². The zero-order valence-electron chi connectivity index (χ0n) is 7.40. The lowest BCUT2D eigenvalue weighted by atomic mass is 10.2. The van der Waals surface area contributed by atoms with Gasteiger partial charge in [-0.2, -0.15) is 0 Å². The van der Waals surface area contributed by atoms with Gasteiger partial charge in [0.15, 0.2) is 0 Å². The van der Waals surface area contributed by atoms with Gasteiger partial charge in [0.2, 0.25) is 4.38 Å². The molecule has 0 fully saturated rings. The Hall–Kier alpha value is -0.610. The van der Waals surface area contributed by atoms with Gasteiger partial charge in [-0.1, -0.05) is 11.8 Å². The fraction of sp³-hybridized carbons (Fsp3) is 0.333. The molecule has 0 aromatic carbocycles. The third-order valence-electron chi connectivity index (χ3n) is 1.53. The summed E-state index contributed by atoms with van der Waals surface area (Å²) < 4.78 is 5.48. The number of aromatic nitrogens is 1. The molecule has 0 saturated heterocycles. The normalized spacial score (nSPS) is 9.62. The van der Waals surface area contributed by atoms with Gasteiger partial charge in [-0.25, -0.2) is 0 Å². The molecule has 4 heteroatoms. The third-order valence-corrected chi connectivity index (χ3v) is 2.86. The lowest BCUT2D eigenvalue weighted by molar-refractivity contribution is 0.426. The van der Waals surface area contributed by atoms with Crippen LogP contribution >= 0.6 is 24.0 Å². The monoisotopic (exact) mass is 213 g/mol. The quantitative estimate of drug-likeness (QED) is 0.718. The van der Waals surface area contributed by atoms with Crippen LogP contribution in [0.4, 0.5) is 0 Å². The number of aryl methyl sites for hydroxylation is 1. The average molecular weight is 213 g/mol. The molecule has 0 unspecified atom stereocenters. The predicted molar refractivity (Wildman–Crippen MR) is 60.0 cm³/mol. The van der Waals surface area contributed by atoms with E-state index < -0.39 is 0 Å². The van der Waals surface area contributed by atoms with Crippen LogP contribution in [0.5, 0.6) is 0 Å². The van der Waals surface area contributed by atoms with E-state index in [1.807, 2.05) is 12.1 Å². The van der Waals surface area contributed by atoms with Crippen LogP contribution in [0, 0.1) is 0 Å². The van der Waals surface area contributed by atoms with Crippen LogP contribution in [0.15, 0.2) is 24.5 Å². The Morgan fingerprint density at radius 2 is 2.23 bits per heavy atom. The highest BCUT2D eigenvalue weighted by molar-refractivity contribution is 8.22. The van der Waals surface area contributed by atoms with Crippen LogP contribution in [0.3, 0.4) is 0 Å². The van der Waals surface area contributed by atoms with Crippen LogP contribution in [-0.2, 0) is 11.2 Å². The van der Waals surface area contributed by atoms with Gasteiger partial charge >= 0.3 is 0 Å². The molecule has 0 aliphatic heterocycles. The minimum absolute atomic E-state index is 0.606. The van der Waals surface area contributed by atoms with Crippen LogP contribution < -0.4 is 0 Å². The van der Waals surface area contributed by atoms with Crippen molar-refractivity contribution in [3.05, 3.63) is 30.1 Å². The van der Waals surface area contributed by atoms with E-state index in [1.54, 1.807) is 31.3 Å². The lowest BCUT2D eigenvalue weighted by Gasteiger charge is -2.01. The summed E-state index contributed by atoms with van der Waals surface area (Å²) in [5.74, 6) is 0.955. The molecule has 1 heterocycles. The molecule has 13 heavy (non-hydrogen) atoms.